The normalized spacial score (nSPS) is 22.2. The van der Waals surface area contributed by atoms with E-state index in [4.69, 9.17) is 5.73 Å². The van der Waals surface area contributed by atoms with Crippen LogP contribution >= 0.6 is 0 Å². The zero-order valence-electron chi connectivity index (χ0n) is 11.2. The highest BCUT2D eigenvalue weighted by molar-refractivity contribution is 5.95. The molecule has 1 aromatic rings. The number of nitrogens with one attached hydrogen (secondary N) is 1. The molecule has 1 saturated heterocycles. The predicted octanol–water partition coefficient (Wildman–Crippen LogP) is 1.00. The van der Waals surface area contributed by atoms with E-state index < -0.39 is 0 Å². The van der Waals surface area contributed by atoms with E-state index in [0.717, 1.165) is 18.8 Å². The molecule has 1 aliphatic carbocycles. The minimum absolute atomic E-state index is 0.152. The third kappa shape index (κ3) is 2.15. The second-order valence-electron chi connectivity index (χ2n) is 5.61. The molecule has 2 aliphatic rings. The molecule has 19 heavy (non-hydrogen) atoms. The van der Waals surface area contributed by atoms with Gasteiger partial charge in [0.25, 0.3) is 0 Å². The van der Waals surface area contributed by atoms with Crippen LogP contribution in [0.4, 0.5) is 5.69 Å². The summed E-state index contributed by atoms with van der Waals surface area (Å²) in [5.41, 5.74) is 8.44. The third-order valence-electron chi connectivity index (χ3n) is 4.56. The molecule has 0 atom stereocenters. The Morgan fingerprint density at radius 2 is 2.21 bits per heavy atom. The highest BCUT2D eigenvalue weighted by Gasteiger charge is 2.37. The van der Waals surface area contributed by atoms with Gasteiger partial charge in [0.1, 0.15) is 0 Å². The number of anilines is 1. The molecule has 3 rings (SSSR count). The standard InChI is InChI=1S/C15H21N3O/c16-11-15(5-2-6-15)12-3-1-4-13(9-12)18-8-7-17-10-14(18)19/h1,3-4,9,17H,2,5-8,10-11,16H2. The lowest BCUT2D eigenvalue weighted by Crippen LogP contribution is -2.48. The van der Waals surface area contributed by atoms with Gasteiger partial charge in [-0.2, -0.15) is 0 Å². The van der Waals surface area contributed by atoms with E-state index >= 15 is 0 Å². The smallest absolute Gasteiger partial charge is 0.240 e. The zero-order valence-corrected chi connectivity index (χ0v) is 11.2. The summed E-state index contributed by atoms with van der Waals surface area (Å²) >= 11 is 0. The predicted molar refractivity (Wildman–Crippen MR) is 76.2 cm³/mol. The molecule has 0 spiro atoms. The van der Waals surface area contributed by atoms with Crippen molar-refractivity contribution < 1.29 is 4.79 Å². The van der Waals surface area contributed by atoms with Gasteiger partial charge in [-0.15, -0.1) is 0 Å². The Balaban J connectivity index is 1.89. The SMILES string of the molecule is NCC1(c2cccc(N3CCNCC3=O)c2)CCC1. The van der Waals surface area contributed by atoms with Gasteiger partial charge < -0.3 is 16.0 Å². The quantitative estimate of drug-likeness (QED) is 0.851. The molecule has 1 heterocycles. The minimum atomic E-state index is 0.152. The first-order valence-electron chi connectivity index (χ1n) is 7.07. The van der Waals surface area contributed by atoms with Crippen LogP contribution in [0.3, 0.4) is 0 Å². The van der Waals surface area contributed by atoms with E-state index in [9.17, 15) is 4.79 Å². The Morgan fingerprint density at radius 1 is 1.37 bits per heavy atom. The van der Waals surface area contributed by atoms with Crippen molar-refractivity contribution in [3.63, 3.8) is 0 Å². The van der Waals surface area contributed by atoms with Crippen molar-refractivity contribution in [2.24, 2.45) is 5.73 Å². The Hall–Kier alpha value is -1.39. The van der Waals surface area contributed by atoms with Crippen LogP contribution in [0.15, 0.2) is 24.3 Å². The molecule has 3 N–H and O–H groups in total. The number of piperazine rings is 1. The van der Waals surface area contributed by atoms with Gasteiger partial charge in [0.05, 0.1) is 6.54 Å². The van der Waals surface area contributed by atoms with Crippen LogP contribution in [0.25, 0.3) is 0 Å². The first kappa shape index (κ1) is 12.6. The summed E-state index contributed by atoms with van der Waals surface area (Å²) in [5.74, 6) is 0.152. The van der Waals surface area contributed by atoms with Crippen LogP contribution in [0.5, 0.6) is 0 Å². The van der Waals surface area contributed by atoms with Gasteiger partial charge in [-0.1, -0.05) is 18.6 Å². The van der Waals surface area contributed by atoms with Gasteiger partial charge in [0, 0.05) is 30.7 Å². The maximum atomic E-state index is 11.9. The van der Waals surface area contributed by atoms with Gasteiger partial charge >= 0.3 is 0 Å². The number of hydrogen-bond donors (Lipinski definition) is 2. The van der Waals surface area contributed by atoms with Gasteiger partial charge in [-0.3, -0.25) is 4.79 Å². The number of hydrogen-bond acceptors (Lipinski definition) is 3. The molecule has 0 radical (unpaired) electrons. The van der Waals surface area contributed by atoms with Gasteiger partial charge in [0.2, 0.25) is 5.91 Å². The number of amides is 1. The van der Waals surface area contributed by atoms with Crippen molar-refractivity contribution in [1.82, 2.24) is 5.32 Å². The first-order chi connectivity index (χ1) is 9.25. The lowest BCUT2D eigenvalue weighted by Gasteiger charge is -2.42. The number of carbonyl (C=O) groups excluding carboxylic acids is 1. The Bertz CT molecular complexity index is 477. The highest BCUT2D eigenvalue weighted by atomic mass is 16.2. The van der Waals surface area contributed by atoms with E-state index in [1.807, 2.05) is 11.0 Å². The third-order valence-corrected chi connectivity index (χ3v) is 4.56. The van der Waals surface area contributed by atoms with Crippen molar-refractivity contribution in [2.45, 2.75) is 24.7 Å². The fraction of sp³-hybridized carbons (Fsp3) is 0.533. The van der Waals surface area contributed by atoms with E-state index in [0.29, 0.717) is 13.1 Å². The molecule has 1 aromatic carbocycles. The number of carbonyl (C=O) groups is 1. The lowest BCUT2D eigenvalue weighted by molar-refractivity contribution is -0.118. The van der Waals surface area contributed by atoms with E-state index in [2.05, 4.69) is 23.5 Å². The topological polar surface area (TPSA) is 58.4 Å². The second-order valence-corrected chi connectivity index (χ2v) is 5.61. The molecule has 0 bridgehead atoms. The summed E-state index contributed by atoms with van der Waals surface area (Å²) in [4.78, 5) is 13.8. The maximum absolute atomic E-state index is 11.9. The van der Waals surface area contributed by atoms with E-state index in [1.165, 1.54) is 24.8 Å². The molecular formula is C15H21N3O. The van der Waals surface area contributed by atoms with Crippen LogP contribution in [0, 0.1) is 0 Å². The molecule has 1 aliphatic heterocycles. The van der Waals surface area contributed by atoms with Crippen molar-refractivity contribution >= 4 is 11.6 Å². The molecule has 1 amide bonds. The molecule has 2 fully saturated rings. The van der Waals surface area contributed by atoms with Crippen molar-refractivity contribution in [3.8, 4) is 0 Å². The Labute approximate surface area is 114 Å². The fourth-order valence-electron chi connectivity index (χ4n) is 3.10. The van der Waals surface area contributed by atoms with Gasteiger partial charge in [-0.25, -0.2) is 0 Å². The van der Waals surface area contributed by atoms with Crippen molar-refractivity contribution in [1.29, 1.82) is 0 Å². The van der Waals surface area contributed by atoms with Crippen molar-refractivity contribution in [3.05, 3.63) is 29.8 Å². The van der Waals surface area contributed by atoms with E-state index in [1.54, 1.807) is 0 Å². The van der Waals surface area contributed by atoms with Crippen LogP contribution in [0.1, 0.15) is 24.8 Å². The van der Waals surface area contributed by atoms with Crippen LogP contribution in [-0.2, 0) is 10.2 Å². The Kier molecular flexibility index (Phi) is 3.29. The van der Waals surface area contributed by atoms with E-state index in [-0.39, 0.29) is 11.3 Å². The number of nitrogens with zero attached hydrogens (tertiary/aromatic N) is 1. The zero-order chi connectivity index (χ0) is 13.3. The minimum Gasteiger partial charge on any atom is -0.330 e. The monoisotopic (exact) mass is 259 g/mol. The van der Waals surface area contributed by atoms with Crippen LogP contribution in [-0.4, -0.2) is 32.1 Å². The number of rotatable bonds is 3. The largest absolute Gasteiger partial charge is 0.330 e. The second kappa shape index (κ2) is 4.94. The van der Waals surface area contributed by atoms with Gasteiger partial charge in [0.15, 0.2) is 0 Å². The highest BCUT2D eigenvalue weighted by Crippen LogP contribution is 2.43. The summed E-state index contributed by atoms with van der Waals surface area (Å²) in [6, 6.07) is 8.39. The molecule has 4 heteroatoms. The summed E-state index contributed by atoms with van der Waals surface area (Å²) in [6.45, 7) is 2.74. The molecule has 4 nitrogen and oxygen atoms in total. The summed E-state index contributed by atoms with van der Waals surface area (Å²) in [7, 11) is 0. The molecular weight excluding hydrogens is 238 g/mol. The van der Waals surface area contributed by atoms with Crippen molar-refractivity contribution in [2.75, 3.05) is 31.1 Å². The van der Waals surface area contributed by atoms with Gasteiger partial charge in [-0.05, 0) is 30.5 Å². The summed E-state index contributed by atoms with van der Waals surface area (Å²) in [6.07, 6.45) is 3.60. The number of nitrogens with two attached hydrogens (primary N) is 1. The average molecular weight is 259 g/mol. The average Bonchev–Trinajstić information content (AvgIpc) is 2.39. The number of benzene rings is 1. The molecule has 102 valence electrons. The molecule has 0 unspecified atom stereocenters. The maximum Gasteiger partial charge on any atom is 0.240 e. The summed E-state index contributed by atoms with van der Waals surface area (Å²) < 4.78 is 0. The van der Waals surface area contributed by atoms with Crippen LogP contribution in [0.2, 0.25) is 0 Å². The molecule has 1 saturated carbocycles. The fourth-order valence-corrected chi connectivity index (χ4v) is 3.10. The first-order valence-corrected chi connectivity index (χ1v) is 7.07. The van der Waals surface area contributed by atoms with Crippen LogP contribution < -0.4 is 16.0 Å². The summed E-state index contributed by atoms with van der Waals surface area (Å²) in [5, 5.41) is 3.10. The Morgan fingerprint density at radius 3 is 2.84 bits per heavy atom. The molecule has 0 aromatic heterocycles. The lowest BCUT2D eigenvalue weighted by atomic mass is 9.64.